The van der Waals surface area contributed by atoms with Crippen LogP contribution in [0.2, 0.25) is 0 Å². The van der Waals surface area contributed by atoms with E-state index in [1.807, 2.05) is 19.1 Å². The maximum absolute atomic E-state index is 12.7. The highest BCUT2D eigenvalue weighted by atomic mass is 19.4. The Hall–Kier alpha value is -1.11. The Morgan fingerprint density at radius 2 is 2.09 bits per heavy atom. The zero-order chi connectivity index (χ0) is 16.2. The molecule has 0 saturated carbocycles. The number of hydrogen-bond acceptors (Lipinski definition) is 3. The summed E-state index contributed by atoms with van der Waals surface area (Å²) in [5.74, 6) is 0. The molecule has 6 heteroatoms. The van der Waals surface area contributed by atoms with Crippen LogP contribution in [0.5, 0.6) is 0 Å². The molecule has 22 heavy (non-hydrogen) atoms. The van der Waals surface area contributed by atoms with E-state index in [1.165, 1.54) is 4.90 Å². The standard InChI is InChI=1S/C16H23F3N2O/c1-2-15-8-14-7-12(9-20-5-6-22)3-4-13(14)10-21(15)11-16(17,18)19/h3-4,7,15,20,22H,2,5-6,8-11H2,1H3. The molecule has 0 saturated heterocycles. The molecule has 1 aliphatic heterocycles. The van der Waals surface area contributed by atoms with E-state index in [2.05, 4.69) is 11.4 Å². The van der Waals surface area contributed by atoms with Gasteiger partial charge in [0.2, 0.25) is 0 Å². The molecule has 1 aromatic rings. The Morgan fingerprint density at radius 3 is 2.73 bits per heavy atom. The molecule has 1 aliphatic rings. The van der Waals surface area contributed by atoms with Crippen LogP contribution < -0.4 is 5.32 Å². The molecule has 0 bridgehead atoms. The van der Waals surface area contributed by atoms with Crippen molar-refractivity contribution in [3.8, 4) is 0 Å². The van der Waals surface area contributed by atoms with E-state index in [9.17, 15) is 13.2 Å². The zero-order valence-corrected chi connectivity index (χ0v) is 12.8. The van der Waals surface area contributed by atoms with Crippen LogP contribution in [0, 0.1) is 0 Å². The summed E-state index contributed by atoms with van der Waals surface area (Å²) < 4.78 is 38.1. The molecule has 1 aromatic carbocycles. The van der Waals surface area contributed by atoms with Crippen LogP contribution in [0.3, 0.4) is 0 Å². The van der Waals surface area contributed by atoms with Gasteiger partial charge in [-0.25, -0.2) is 0 Å². The second-order valence-electron chi connectivity index (χ2n) is 5.79. The normalized spacial score (nSPS) is 19.2. The van der Waals surface area contributed by atoms with E-state index in [1.54, 1.807) is 0 Å². The zero-order valence-electron chi connectivity index (χ0n) is 12.8. The van der Waals surface area contributed by atoms with Gasteiger partial charge in [0.1, 0.15) is 0 Å². The Morgan fingerprint density at radius 1 is 1.32 bits per heavy atom. The van der Waals surface area contributed by atoms with E-state index in [0.717, 1.165) is 16.7 Å². The molecule has 2 rings (SSSR count). The van der Waals surface area contributed by atoms with E-state index in [-0.39, 0.29) is 12.6 Å². The topological polar surface area (TPSA) is 35.5 Å². The first kappa shape index (κ1) is 17.2. The van der Waals surface area contributed by atoms with Crippen molar-refractivity contribution in [2.24, 2.45) is 0 Å². The molecule has 2 N–H and O–H groups in total. The highest BCUT2D eigenvalue weighted by Gasteiger charge is 2.35. The summed E-state index contributed by atoms with van der Waals surface area (Å²) in [4.78, 5) is 1.53. The van der Waals surface area contributed by atoms with Gasteiger partial charge >= 0.3 is 6.18 Å². The van der Waals surface area contributed by atoms with Gasteiger partial charge in [-0.3, -0.25) is 4.90 Å². The average molecular weight is 316 g/mol. The summed E-state index contributed by atoms with van der Waals surface area (Å²) in [7, 11) is 0. The van der Waals surface area contributed by atoms with Crippen molar-refractivity contribution in [1.82, 2.24) is 10.2 Å². The molecule has 0 aliphatic carbocycles. The van der Waals surface area contributed by atoms with E-state index < -0.39 is 12.7 Å². The number of nitrogens with one attached hydrogen (secondary N) is 1. The van der Waals surface area contributed by atoms with Gasteiger partial charge in [0.25, 0.3) is 0 Å². The molecule has 3 nitrogen and oxygen atoms in total. The Kier molecular flexibility index (Phi) is 5.83. The van der Waals surface area contributed by atoms with Gasteiger partial charge in [0, 0.05) is 25.7 Å². The predicted octanol–water partition coefficient (Wildman–Crippen LogP) is 2.47. The third-order valence-corrected chi connectivity index (χ3v) is 4.09. The van der Waals surface area contributed by atoms with Crippen molar-refractivity contribution < 1.29 is 18.3 Å². The molecule has 0 spiro atoms. The van der Waals surface area contributed by atoms with Crippen molar-refractivity contribution >= 4 is 0 Å². The fraction of sp³-hybridized carbons (Fsp3) is 0.625. The summed E-state index contributed by atoms with van der Waals surface area (Å²) in [6.45, 7) is 2.74. The average Bonchev–Trinajstić information content (AvgIpc) is 2.45. The smallest absolute Gasteiger partial charge is 0.395 e. The van der Waals surface area contributed by atoms with Gasteiger partial charge in [-0.05, 0) is 29.5 Å². The van der Waals surface area contributed by atoms with Crippen molar-refractivity contribution in [2.75, 3.05) is 19.7 Å². The fourth-order valence-corrected chi connectivity index (χ4v) is 2.99. The molecule has 0 fully saturated rings. The molecule has 0 amide bonds. The lowest BCUT2D eigenvalue weighted by atomic mass is 9.91. The number of halogens is 3. The second-order valence-corrected chi connectivity index (χ2v) is 5.79. The number of fused-ring (bicyclic) bond motifs is 1. The lowest BCUT2D eigenvalue weighted by Gasteiger charge is -2.37. The lowest BCUT2D eigenvalue weighted by molar-refractivity contribution is -0.153. The Balaban J connectivity index is 2.09. The fourth-order valence-electron chi connectivity index (χ4n) is 2.99. The van der Waals surface area contributed by atoms with Crippen LogP contribution in [0.15, 0.2) is 18.2 Å². The minimum absolute atomic E-state index is 0.0604. The Bertz CT molecular complexity index is 491. The van der Waals surface area contributed by atoms with Crippen molar-refractivity contribution in [2.45, 2.75) is 45.1 Å². The quantitative estimate of drug-likeness (QED) is 0.792. The second kappa shape index (κ2) is 7.44. The van der Waals surface area contributed by atoms with Crippen LogP contribution in [-0.2, 0) is 19.5 Å². The molecule has 0 radical (unpaired) electrons. The highest BCUT2D eigenvalue weighted by molar-refractivity contribution is 5.34. The van der Waals surface area contributed by atoms with E-state index >= 15 is 0 Å². The van der Waals surface area contributed by atoms with Gasteiger partial charge in [0.05, 0.1) is 13.2 Å². The molecule has 1 atom stereocenters. The van der Waals surface area contributed by atoms with Crippen molar-refractivity contribution in [3.05, 3.63) is 34.9 Å². The molecule has 1 heterocycles. The van der Waals surface area contributed by atoms with Crippen molar-refractivity contribution in [1.29, 1.82) is 0 Å². The van der Waals surface area contributed by atoms with Gasteiger partial charge in [-0.1, -0.05) is 25.1 Å². The molecular formula is C16H23F3N2O. The molecular weight excluding hydrogens is 293 g/mol. The number of aliphatic hydroxyl groups excluding tert-OH is 1. The third kappa shape index (κ3) is 4.69. The number of alkyl halides is 3. The van der Waals surface area contributed by atoms with Crippen LogP contribution in [-0.4, -0.2) is 41.9 Å². The van der Waals surface area contributed by atoms with Crippen LogP contribution in [0.4, 0.5) is 13.2 Å². The maximum atomic E-state index is 12.7. The molecule has 124 valence electrons. The first-order valence-corrected chi connectivity index (χ1v) is 7.66. The van der Waals surface area contributed by atoms with Crippen molar-refractivity contribution in [3.63, 3.8) is 0 Å². The minimum Gasteiger partial charge on any atom is -0.395 e. The van der Waals surface area contributed by atoms with E-state index in [0.29, 0.717) is 32.5 Å². The van der Waals surface area contributed by atoms with Gasteiger partial charge in [-0.15, -0.1) is 0 Å². The number of benzene rings is 1. The minimum atomic E-state index is -4.15. The summed E-state index contributed by atoms with van der Waals surface area (Å²) in [5, 5.41) is 11.9. The summed E-state index contributed by atoms with van der Waals surface area (Å²) in [6.07, 6.45) is -2.78. The van der Waals surface area contributed by atoms with E-state index in [4.69, 9.17) is 5.11 Å². The maximum Gasteiger partial charge on any atom is 0.401 e. The molecule has 0 aromatic heterocycles. The summed E-state index contributed by atoms with van der Waals surface area (Å²) in [5.41, 5.74) is 3.24. The number of hydrogen-bond donors (Lipinski definition) is 2. The number of rotatable bonds is 6. The monoisotopic (exact) mass is 316 g/mol. The number of nitrogens with zero attached hydrogens (tertiary/aromatic N) is 1. The van der Waals surface area contributed by atoms with Gasteiger partial charge < -0.3 is 10.4 Å². The number of aliphatic hydroxyl groups is 1. The third-order valence-electron chi connectivity index (χ3n) is 4.09. The van der Waals surface area contributed by atoms with Crippen LogP contribution in [0.1, 0.15) is 30.0 Å². The van der Waals surface area contributed by atoms with Crippen LogP contribution in [0.25, 0.3) is 0 Å². The lowest BCUT2D eigenvalue weighted by Crippen LogP contribution is -2.45. The summed E-state index contributed by atoms with van der Waals surface area (Å²) in [6, 6.07) is 5.89. The summed E-state index contributed by atoms with van der Waals surface area (Å²) >= 11 is 0. The molecule has 1 unspecified atom stereocenters. The predicted molar refractivity (Wildman–Crippen MR) is 79.5 cm³/mol. The largest absolute Gasteiger partial charge is 0.401 e. The first-order valence-electron chi connectivity index (χ1n) is 7.66. The highest BCUT2D eigenvalue weighted by Crippen LogP contribution is 2.29. The Labute approximate surface area is 129 Å². The van der Waals surface area contributed by atoms with Gasteiger partial charge in [-0.2, -0.15) is 13.2 Å². The SMILES string of the molecule is CCC1Cc2cc(CNCCO)ccc2CN1CC(F)(F)F. The van der Waals surface area contributed by atoms with Gasteiger partial charge in [0.15, 0.2) is 0 Å². The first-order chi connectivity index (χ1) is 10.4. The van der Waals surface area contributed by atoms with Crippen LogP contribution >= 0.6 is 0 Å².